The minimum atomic E-state index is -1.03. The molecule has 0 saturated heterocycles. The molecule has 5 nitrogen and oxygen atoms in total. The molecule has 1 aromatic rings. The molecule has 0 bridgehead atoms. The Morgan fingerprint density at radius 2 is 2.14 bits per heavy atom. The fourth-order valence-electron chi connectivity index (χ4n) is 1.55. The van der Waals surface area contributed by atoms with Crippen LogP contribution in [0.1, 0.15) is 26.2 Å². The fourth-order valence-corrected chi connectivity index (χ4v) is 2.57. The number of nitrogens with one attached hydrogen (secondary N) is 1. The average molecular weight is 311 g/mol. The quantitative estimate of drug-likeness (QED) is 0.650. The Hall–Kier alpha value is -1.69. The number of unbranched alkanes of at least 4 members (excludes halogenated alkanes) is 1. The molecular formula is C15H21NO4S. The molecule has 0 radical (unpaired) electrons. The minimum absolute atomic E-state index is 0.0469. The fraction of sp³-hybridized carbons (Fsp3) is 0.467. The van der Waals surface area contributed by atoms with Crippen LogP contribution in [0.5, 0.6) is 5.75 Å². The summed E-state index contributed by atoms with van der Waals surface area (Å²) in [4.78, 5) is 22.2. The molecule has 0 atom stereocenters. The molecule has 116 valence electrons. The van der Waals surface area contributed by atoms with E-state index in [4.69, 9.17) is 9.84 Å². The van der Waals surface area contributed by atoms with Gasteiger partial charge in [-0.2, -0.15) is 11.8 Å². The standard InChI is InChI=1S/C15H21NO4S/c1-2-3-8-21-9-7-14(17)16-12-5-4-6-13(10-12)20-11-15(18)19/h4-6,10H,2-3,7-9,11H2,1H3,(H,16,17)(H,18,19). The van der Waals surface area contributed by atoms with Gasteiger partial charge >= 0.3 is 5.97 Å². The van der Waals surface area contributed by atoms with Crippen LogP contribution in [0.2, 0.25) is 0 Å². The largest absolute Gasteiger partial charge is 0.482 e. The van der Waals surface area contributed by atoms with Gasteiger partial charge in [0.05, 0.1) is 0 Å². The van der Waals surface area contributed by atoms with Crippen LogP contribution in [0.15, 0.2) is 24.3 Å². The zero-order valence-electron chi connectivity index (χ0n) is 12.1. The molecule has 0 aliphatic rings. The SMILES string of the molecule is CCCCSCCC(=O)Nc1cccc(OCC(=O)O)c1. The van der Waals surface area contributed by atoms with E-state index in [9.17, 15) is 9.59 Å². The first kappa shape index (κ1) is 17.4. The Morgan fingerprint density at radius 1 is 1.33 bits per heavy atom. The lowest BCUT2D eigenvalue weighted by Gasteiger charge is -2.08. The van der Waals surface area contributed by atoms with E-state index in [1.807, 2.05) is 0 Å². The molecule has 0 aromatic heterocycles. The summed E-state index contributed by atoms with van der Waals surface area (Å²) in [5, 5.41) is 11.3. The van der Waals surface area contributed by atoms with Gasteiger partial charge in [0.1, 0.15) is 5.75 Å². The molecule has 0 unspecified atom stereocenters. The van der Waals surface area contributed by atoms with E-state index in [1.54, 1.807) is 36.0 Å². The number of amides is 1. The van der Waals surface area contributed by atoms with E-state index in [0.29, 0.717) is 17.9 Å². The summed E-state index contributed by atoms with van der Waals surface area (Å²) in [5.74, 6) is 1.24. The number of carbonyl (C=O) groups excluding carboxylic acids is 1. The van der Waals surface area contributed by atoms with E-state index in [2.05, 4.69) is 12.2 Å². The topological polar surface area (TPSA) is 75.6 Å². The molecule has 1 amide bonds. The first-order valence-corrected chi connectivity index (χ1v) is 8.09. The van der Waals surface area contributed by atoms with Crippen molar-refractivity contribution in [2.45, 2.75) is 26.2 Å². The second-order valence-corrected chi connectivity index (χ2v) is 5.70. The summed E-state index contributed by atoms with van der Waals surface area (Å²) in [6.07, 6.45) is 2.81. The van der Waals surface area contributed by atoms with Crippen molar-refractivity contribution in [3.63, 3.8) is 0 Å². The number of hydrogen-bond acceptors (Lipinski definition) is 4. The number of carbonyl (C=O) groups is 2. The van der Waals surface area contributed by atoms with Gasteiger partial charge in [-0.25, -0.2) is 4.79 Å². The van der Waals surface area contributed by atoms with Crippen molar-refractivity contribution in [3.05, 3.63) is 24.3 Å². The van der Waals surface area contributed by atoms with Crippen LogP contribution in [0, 0.1) is 0 Å². The normalized spacial score (nSPS) is 10.1. The molecule has 1 rings (SSSR count). The summed E-state index contributed by atoms with van der Waals surface area (Å²) in [7, 11) is 0. The van der Waals surface area contributed by atoms with Crippen molar-refractivity contribution in [1.29, 1.82) is 0 Å². The van der Waals surface area contributed by atoms with Crippen molar-refractivity contribution in [2.24, 2.45) is 0 Å². The van der Waals surface area contributed by atoms with Gasteiger partial charge in [0, 0.05) is 23.9 Å². The Kier molecular flexibility index (Phi) is 8.35. The molecule has 21 heavy (non-hydrogen) atoms. The molecule has 6 heteroatoms. The van der Waals surface area contributed by atoms with Crippen LogP contribution in [0.3, 0.4) is 0 Å². The van der Waals surface area contributed by atoms with Gasteiger partial charge in [0.2, 0.25) is 5.91 Å². The highest BCUT2D eigenvalue weighted by Gasteiger charge is 2.04. The van der Waals surface area contributed by atoms with Crippen LogP contribution >= 0.6 is 11.8 Å². The molecule has 0 aliphatic carbocycles. The Balaban J connectivity index is 2.34. The maximum Gasteiger partial charge on any atom is 0.341 e. The number of benzene rings is 1. The van der Waals surface area contributed by atoms with Crippen LogP contribution in [0.25, 0.3) is 0 Å². The lowest BCUT2D eigenvalue weighted by Crippen LogP contribution is -2.13. The third-order valence-corrected chi connectivity index (χ3v) is 3.67. The van der Waals surface area contributed by atoms with Crippen LogP contribution in [-0.4, -0.2) is 35.1 Å². The van der Waals surface area contributed by atoms with E-state index in [0.717, 1.165) is 11.5 Å². The highest BCUT2D eigenvalue weighted by molar-refractivity contribution is 7.99. The number of aliphatic carboxylic acids is 1. The van der Waals surface area contributed by atoms with Crippen molar-refractivity contribution < 1.29 is 19.4 Å². The summed E-state index contributed by atoms with van der Waals surface area (Å²) in [5.41, 5.74) is 0.612. The summed E-state index contributed by atoms with van der Waals surface area (Å²) >= 11 is 1.78. The van der Waals surface area contributed by atoms with E-state index in [1.165, 1.54) is 12.8 Å². The van der Waals surface area contributed by atoms with Gasteiger partial charge < -0.3 is 15.2 Å². The Morgan fingerprint density at radius 3 is 2.86 bits per heavy atom. The van der Waals surface area contributed by atoms with Gasteiger partial charge in [-0.3, -0.25) is 4.79 Å². The molecule has 0 fully saturated rings. The zero-order chi connectivity index (χ0) is 15.5. The van der Waals surface area contributed by atoms with Crippen LogP contribution in [-0.2, 0) is 9.59 Å². The van der Waals surface area contributed by atoms with Gasteiger partial charge in [-0.1, -0.05) is 19.4 Å². The molecule has 0 aliphatic heterocycles. The third-order valence-electron chi connectivity index (χ3n) is 2.60. The van der Waals surface area contributed by atoms with Crippen LogP contribution < -0.4 is 10.1 Å². The monoisotopic (exact) mass is 311 g/mol. The summed E-state index contributed by atoms with van der Waals surface area (Å²) in [6, 6.07) is 6.73. The Labute approximate surface area is 129 Å². The van der Waals surface area contributed by atoms with E-state index < -0.39 is 12.6 Å². The second-order valence-electron chi connectivity index (χ2n) is 4.47. The maximum absolute atomic E-state index is 11.8. The smallest absolute Gasteiger partial charge is 0.341 e. The third kappa shape index (κ3) is 8.24. The molecule has 1 aromatic carbocycles. The van der Waals surface area contributed by atoms with Crippen LogP contribution in [0.4, 0.5) is 5.69 Å². The molecule has 2 N–H and O–H groups in total. The second kappa shape index (κ2) is 10.1. The number of hydrogen-bond donors (Lipinski definition) is 2. The number of carboxylic acids is 1. The maximum atomic E-state index is 11.8. The zero-order valence-corrected chi connectivity index (χ0v) is 12.9. The summed E-state index contributed by atoms with van der Waals surface area (Å²) < 4.78 is 5.06. The van der Waals surface area contributed by atoms with Gasteiger partial charge in [-0.05, 0) is 24.3 Å². The first-order chi connectivity index (χ1) is 10.1. The predicted molar refractivity (Wildman–Crippen MR) is 85.1 cm³/mol. The molecule has 0 saturated carbocycles. The highest BCUT2D eigenvalue weighted by Crippen LogP contribution is 2.17. The number of rotatable bonds is 10. The number of thioether (sulfide) groups is 1. The molecule has 0 heterocycles. The number of ether oxygens (including phenoxy) is 1. The Bertz CT molecular complexity index is 465. The lowest BCUT2D eigenvalue weighted by atomic mass is 10.3. The van der Waals surface area contributed by atoms with Gasteiger partial charge in [-0.15, -0.1) is 0 Å². The van der Waals surface area contributed by atoms with Gasteiger partial charge in [0.15, 0.2) is 6.61 Å². The first-order valence-electron chi connectivity index (χ1n) is 6.94. The lowest BCUT2D eigenvalue weighted by molar-refractivity contribution is -0.139. The van der Waals surface area contributed by atoms with E-state index in [-0.39, 0.29) is 5.91 Å². The minimum Gasteiger partial charge on any atom is -0.482 e. The van der Waals surface area contributed by atoms with Crippen molar-refractivity contribution in [1.82, 2.24) is 0 Å². The van der Waals surface area contributed by atoms with Crippen molar-refractivity contribution in [2.75, 3.05) is 23.4 Å². The van der Waals surface area contributed by atoms with Crippen molar-refractivity contribution >= 4 is 29.3 Å². The number of carboxylic acid groups (broad SMARTS) is 1. The van der Waals surface area contributed by atoms with E-state index >= 15 is 0 Å². The molecule has 0 spiro atoms. The predicted octanol–water partition coefficient (Wildman–Crippen LogP) is 3.01. The average Bonchev–Trinajstić information content (AvgIpc) is 2.45. The van der Waals surface area contributed by atoms with Crippen molar-refractivity contribution in [3.8, 4) is 5.75 Å². The summed E-state index contributed by atoms with van der Waals surface area (Å²) in [6.45, 7) is 1.75. The number of anilines is 1. The van der Waals surface area contributed by atoms with Gasteiger partial charge in [0.25, 0.3) is 0 Å². The highest BCUT2D eigenvalue weighted by atomic mass is 32.2. The molecular weight excluding hydrogens is 290 g/mol.